The van der Waals surface area contributed by atoms with Crippen LogP contribution in [0.5, 0.6) is 0 Å². The highest BCUT2D eigenvalue weighted by Crippen LogP contribution is 2.30. The molecule has 2 unspecified atom stereocenters. The molecule has 0 aromatic heterocycles. The summed E-state index contributed by atoms with van der Waals surface area (Å²) in [4.78, 5) is 18.8. The van der Waals surface area contributed by atoms with Crippen LogP contribution in [0.1, 0.15) is 66.7 Å². The van der Waals surface area contributed by atoms with Gasteiger partial charge in [0.25, 0.3) is 0 Å². The zero-order valence-corrected chi connectivity index (χ0v) is 27.4. The van der Waals surface area contributed by atoms with Crippen LogP contribution < -0.4 is 5.73 Å². The molecule has 1 aliphatic carbocycles. The van der Waals surface area contributed by atoms with Gasteiger partial charge in [-0.2, -0.15) is 0 Å². The second-order valence-electron chi connectivity index (χ2n) is 13.0. The number of carbonyl (C=O) groups is 1. The van der Waals surface area contributed by atoms with E-state index in [1.54, 1.807) is 0 Å². The van der Waals surface area contributed by atoms with Gasteiger partial charge in [-0.1, -0.05) is 146 Å². The number of carbonyl (C=O) groups excluding carboxylic acids is 1. The van der Waals surface area contributed by atoms with Gasteiger partial charge in [0.2, 0.25) is 0 Å². The molecule has 1 aliphatic rings. The standard InChI is InChI=1S/C42H51N3O/c1-34(32-39-24-14-15-25-41(39)43)33-45(30-27-36-18-8-3-9-19-36)42(46)44(29-26-35-16-6-2-7-17-35)31-28-40(37-20-10-4-11-21-37)38-22-12-5-13-23-38/h2-13,16-23,39-41H,1,14-15,24-33,43H2. The zero-order valence-electron chi connectivity index (χ0n) is 27.4. The summed E-state index contributed by atoms with van der Waals surface area (Å²) in [7, 11) is 0. The van der Waals surface area contributed by atoms with E-state index in [2.05, 4.69) is 126 Å². The van der Waals surface area contributed by atoms with E-state index in [1.807, 2.05) is 12.1 Å². The molecule has 5 rings (SSSR count). The van der Waals surface area contributed by atoms with Crippen molar-refractivity contribution in [1.82, 2.24) is 9.80 Å². The molecule has 0 heterocycles. The lowest BCUT2D eigenvalue weighted by Gasteiger charge is -2.34. The van der Waals surface area contributed by atoms with Gasteiger partial charge in [-0.05, 0) is 66.7 Å². The molecule has 1 saturated carbocycles. The lowest BCUT2D eigenvalue weighted by atomic mass is 9.81. The van der Waals surface area contributed by atoms with Crippen LogP contribution in [0.2, 0.25) is 0 Å². The number of hydrogen-bond acceptors (Lipinski definition) is 2. The van der Waals surface area contributed by atoms with E-state index in [4.69, 9.17) is 5.73 Å². The fourth-order valence-electron chi connectivity index (χ4n) is 6.94. The average molecular weight is 614 g/mol. The Kier molecular flexibility index (Phi) is 12.7. The SMILES string of the molecule is C=C(CC1CCCCC1N)CN(CCc1ccccc1)C(=O)N(CCc1ccccc1)CCC(c1ccccc1)c1ccccc1. The normalized spacial score (nSPS) is 16.2. The van der Waals surface area contributed by atoms with E-state index in [1.165, 1.54) is 35.1 Å². The highest BCUT2D eigenvalue weighted by molar-refractivity contribution is 5.75. The van der Waals surface area contributed by atoms with Crippen molar-refractivity contribution in [3.8, 4) is 0 Å². The van der Waals surface area contributed by atoms with Gasteiger partial charge in [-0.15, -0.1) is 0 Å². The van der Waals surface area contributed by atoms with Gasteiger partial charge in [0.1, 0.15) is 0 Å². The minimum atomic E-state index is 0.0980. The van der Waals surface area contributed by atoms with E-state index in [-0.39, 0.29) is 18.0 Å². The zero-order chi connectivity index (χ0) is 32.0. The first-order valence-corrected chi connectivity index (χ1v) is 17.2. The van der Waals surface area contributed by atoms with Crippen LogP contribution >= 0.6 is 0 Å². The monoisotopic (exact) mass is 613 g/mol. The number of benzene rings is 4. The van der Waals surface area contributed by atoms with Crippen LogP contribution in [0.4, 0.5) is 4.79 Å². The Balaban J connectivity index is 1.37. The number of hydrogen-bond donors (Lipinski definition) is 1. The fourth-order valence-corrected chi connectivity index (χ4v) is 6.94. The Labute approximate surface area is 276 Å². The minimum Gasteiger partial charge on any atom is -0.327 e. The third-order valence-corrected chi connectivity index (χ3v) is 9.59. The quantitative estimate of drug-likeness (QED) is 0.136. The van der Waals surface area contributed by atoms with Crippen LogP contribution in [-0.4, -0.2) is 48.1 Å². The molecule has 0 radical (unpaired) electrons. The first-order valence-electron chi connectivity index (χ1n) is 17.2. The fraction of sp³-hybridized carbons (Fsp3) is 0.357. The van der Waals surface area contributed by atoms with E-state index in [0.29, 0.717) is 32.1 Å². The van der Waals surface area contributed by atoms with Crippen LogP contribution in [-0.2, 0) is 12.8 Å². The summed E-state index contributed by atoms with van der Waals surface area (Å²) in [6.45, 7) is 7.06. The number of rotatable bonds is 15. The Morgan fingerprint density at radius 3 is 1.67 bits per heavy atom. The van der Waals surface area contributed by atoms with Gasteiger partial charge < -0.3 is 15.5 Å². The first kappa shape index (κ1) is 33.2. The van der Waals surface area contributed by atoms with Crippen molar-refractivity contribution in [3.63, 3.8) is 0 Å². The van der Waals surface area contributed by atoms with Crippen LogP contribution in [0.15, 0.2) is 133 Å². The number of amides is 2. The minimum absolute atomic E-state index is 0.0980. The molecule has 0 saturated heterocycles. The summed E-state index contributed by atoms with van der Waals surface area (Å²) in [5.74, 6) is 0.661. The smallest absolute Gasteiger partial charge is 0.320 e. The Bertz CT molecular complexity index is 1420. The molecule has 0 bridgehead atoms. The molecule has 1 fully saturated rings. The van der Waals surface area contributed by atoms with Crippen LogP contribution in [0.3, 0.4) is 0 Å². The average Bonchev–Trinajstić information content (AvgIpc) is 3.10. The van der Waals surface area contributed by atoms with Crippen LogP contribution in [0.25, 0.3) is 0 Å². The van der Waals surface area contributed by atoms with Crippen LogP contribution in [0, 0.1) is 5.92 Å². The third kappa shape index (κ3) is 9.92. The Morgan fingerprint density at radius 2 is 1.15 bits per heavy atom. The van der Waals surface area contributed by atoms with Gasteiger partial charge >= 0.3 is 6.03 Å². The predicted molar refractivity (Wildman–Crippen MR) is 192 cm³/mol. The number of nitrogens with zero attached hydrogens (tertiary/aromatic N) is 2. The van der Waals surface area contributed by atoms with Gasteiger partial charge in [0.15, 0.2) is 0 Å². The molecule has 2 N–H and O–H groups in total. The lowest BCUT2D eigenvalue weighted by molar-refractivity contribution is 0.155. The molecule has 240 valence electrons. The second kappa shape index (κ2) is 17.5. The largest absolute Gasteiger partial charge is 0.327 e. The maximum atomic E-state index is 14.6. The molecule has 0 spiro atoms. The summed E-state index contributed by atoms with van der Waals surface area (Å²) in [5.41, 5.74) is 12.7. The molecule has 4 heteroatoms. The summed E-state index contributed by atoms with van der Waals surface area (Å²) < 4.78 is 0. The molecule has 2 atom stereocenters. The maximum absolute atomic E-state index is 14.6. The molecule has 4 aromatic carbocycles. The van der Waals surface area contributed by atoms with E-state index in [0.717, 1.165) is 44.1 Å². The van der Waals surface area contributed by atoms with E-state index in [9.17, 15) is 4.79 Å². The van der Waals surface area contributed by atoms with Crippen molar-refractivity contribution in [2.45, 2.75) is 63.3 Å². The van der Waals surface area contributed by atoms with Crippen molar-refractivity contribution < 1.29 is 4.79 Å². The van der Waals surface area contributed by atoms with Gasteiger partial charge in [-0.3, -0.25) is 0 Å². The second-order valence-corrected chi connectivity index (χ2v) is 13.0. The Hall–Kier alpha value is -4.15. The third-order valence-electron chi connectivity index (χ3n) is 9.59. The maximum Gasteiger partial charge on any atom is 0.320 e. The highest BCUT2D eigenvalue weighted by atomic mass is 16.2. The van der Waals surface area contributed by atoms with E-state index >= 15 is 0 Å². The molecular formula is C42H51N3O. The van der Waals surface area contributed by atoms with Gasteiger partial charge in [0.05, 0.1) is 0 Å². The van der Waals surface area contributed by atoms with E-state index < -0.39 is 0 Å². The first-order chi connectivity index (χ1) is 22.6. The summed E-state index contributed by atoms with van der Waals surface area (Å²) in [5, 5.41) is 0. The number of urea groups is 1. The van der Waals surface area contributed by atoms with Crippen molar-refractivity contribution in [3.05, 3.63) is 156 Å². The van der Waals surface area contributed by atoms with Crippen molar-refractivity contribution in [1.29, 1.82) is 0 Å². The summed E-state index contributed by atoms with van der Waals surface area (Å²) >= 11 is 0. The van der Waals surface area contributed by atoms with Gasteiger partial charge in [0, 0.05) is 38.1 Å². The molecule has 4 aromatic rings. The molecule has 2 amide bonds. The molecular weight excluding hydrogens is 562 g/mol. The molecule has 4 nitrogen and oxygen atoms in total. The van der Waals surface area contributed by atoms with Crippen molar-refractivity contribution in [2.75, 3.05) is 26.2 Å². The topological polar surface area (TPSA) is 49.6 Å². The highest BCUT2D eigenvalue weighted by Gasteiger charge is 2.26. The van der Waals surface area contributed by atoms with Gasteiger partial charge in [-0.25, -0.2) is 4.79 Å². The van der Waals surface area contributed by atoms with Crippen molar-refractivity contribution >= 4 is 6.03 Å². The lowest BCUT2D eigenvalue weighted by Crippen LogP contribution is -2.46. The molecule has 0 aliphatic heterocycles. The summed E-state index contributed by atoms with van der Waals surface area (Å²) in [6, 6.07) is 42.7. The number of nitrogens with two attached hydrogens (primary N) is 1. The predicted octanol–water partition coefficient (Wildman–Crippen LogP) is 8.88. The molecule has 46 heavy (non-hydrogen) atoms. The Morgan fingerprint density at radius 1 is 0.674 bits per heavy atom. The summed E-state index contributed by atoms with van der Waals surface area (Å²) in [6.07, 6.45) is 8.07. The van der Waals surface area contributed by atoms with Crippen molar-refractivity contribution in [2.24, 2.45) is 11.7 Å².